The normalized spacial score (nSPS) is 14.1. The fourth-order valence-corrected chi connectivity index (χ4v) is 4.09. The van der Waals surface area contributed by atoms with Crippen molar-refractivity contribution < 1.29 is 14.4 Å². The number of rotatable bonds is 4. The highest BCUT2D eigenvalue weighted by Crippen LogP contribution is 2.33. The summed E-state index contributed by atoms with van der Waals surface area (Å²) >= 11 is 7.67. The predicted molar refractivity (Wildman–Crippen MR) is 112 cm³/mol. The van der Waals surface area contributed by atoms with Gasteiger partial charge in [-0.1, -0.05) is 23.7 Å². The maximum absolute atomic E-state index is 12.9. The highest BCUT2D eigenvalue weighted by atomic mass is 35.5. The number of imide groups is 1. The molecule has 1 unspecified atom stereocenters. The Balaban J connectivity index is 1.60. The van der Waals surface area contributed by atoms with Crippen molar-refractivity contribution in [3.63, 3.8) is 0 Å². The molecule has 29 heavy (non-hydrogen) atoms. The Hall–Kier alpha value is -3.03. The summed E-state index contributed by atoms with van der Waals surface area (Å²) < 4.78 is 0. The van der Waals surface area contributed by atoms with Crippen LogP contribution in [0.25, 0.3) is 0 Å². The zero-order valence-corrected chi connectivity index (χ0v) is 17.2. The third kappa shape index (κ3) is 3.43. The maximum Gasteiger partial charge on any atom is 0.266 e. The van der Waals surface area contributed by atoms with Crippen molar-refractivity contribution in [2.45, 2.75) is 19.9 Å². The molecule has 1 aliphatic heterocycles. The number of hydrogen-bond acceptors (Lipinski definition) is 5. The molecule has 0 aliphatic carbocycles. The van der Waals surface area contributed by atoms with E-state index in [0.29, 0.717) is 16.3 Å². The van der Waals surface area contributed by atoms with E-state index in [9.17, 15) is 14.4 Å². The van der Waals surface area contributed by atoms with Crippen molar-refractivity contribution in [3.05, 3.63) is 80.3 Å². The van der Waals surface area contributed by atoms with E-state index >= 15 is 0 Å². The van der Waals surface area contributed by atoms with Gasteiger partial charge in [-0.25, -0.2) is 9.88 Å². The first kappa shape index (κ1) is 19.3. The summed E-state index contributed by atoms with van der Waals surface area (Å²) in [7, 11) is 0. The molecule has 1 N–H and O–H groups in total. The number of amides is 3. The molecule has 146 valence electrons. The summed E-state index contributed by atoms with van der Waals surface area (Å²) in [4.78, 5) is 43.7. The molecule has 6 nitrogen and oxygen atoms in total. The number of aromatic nitrogens is 1. The molecule has 0 radical (unpaired) electrons. The van der Waals surface area contributed by atoms with E-state index in [2.05, 4.69) is 10.3 Å². The lowest BCUT2D eigenvalue weighted by Crippen LogP contribution is -2.29. The van der Waals surface area contributed by atoms with E-state index in [1.54, 1.807) is 24.3 Å². The Morgan fingerprint density at radius 3 is 2.55 bits per heavy atom. The van der Waals surface area contributed by atoms with Gasteiger partial charge in [-0.3, -0.25) is 14.4 Å². The summed E-state index contributed by atoms with van der Waals surface area (Å²) in [6.45, 7) is 3.74. The standard InChI is InChI=1S/C21H16ClN3O3S/c1-11(17-10-29-12(2)24-17)23-19(26)13-7-8-14-15(9-13)21(28)25(20(14)27)18-6-4-3-5-16(18)22/h3-11H,1-2H3,(H,23,26). The summed E-state index contributed by atoms with van der Waals surface area (Å²) in [5.74, 6) is -1.31. The number of nitrogens with zero attached hydrogens (tertiary/aromatic N) is 2. The van der Waals surface area contributed by atoms with Crippen LogP contribution in [0.3, 0.4) is 0 Å². The Morgan fingerprint density at radius 1 is 1.14 bits per heavy atom. The highest BCUT2D eigenvalue weighted by molar-refractivity contribution is 7.09. The number of hydrogen-bond donors (Lipinski definition) is 1. The van der Waals surface area contributed by atoms with E-state index in [1.807, 2.05) is 19.2 Å². The van der Waals surface area contributed by atoms with Gasteiger partial charge in [0, 0.05) is 10.9 Å². The molecule has 2 aromatic carbocycles. The second-order valence-corrected chi connectivity index (χ2v) is 8.11. The van der Waals surface area contributed by atoms with Gasteiger partial charge in [0.2, 0.25) is 0 Å². The Morgan fingerprint density at radius 2 is 1.86 bits per heavy atom. The van der Waals surface area contributed by atoms with Crippen LogP contribution in [0.15, 0.2) is 47.8 Å². The molecule has 0 saturated heterocycles. The summed E-state index contributed by atoms with van der Waals surface area (Å²) in [6, 6.07) is 10.8. The van der Waals surface area contributed by atoms with Crippen molar-refractivity contribution in [2.75, 3.05) is 4.90 Å². The number of halogens is 1. The maximum atomic E-state index is 12.9. The average Bonchev–Trinajstić information content (AvgIpc) is 3.24. The number of benzene rings is 2. The van der Waals surface area contributed by atoms with E-state index in [4.69, 9.17) is 11.6 Å². The first-order valence-corrected chi connectivity index (χ1v) is 10.1. The molecule has 3 amide bonds. The SMILES string of the molecule is Cc1nc(C(C)NC(=O)c2ccc3c(c2)C(=O)N(c2ccccc2Cl)C3=O)cs1. The number of nitrogens with one attached hydrogen (secondary N) is 1. The number of fused-ring (bicyclic) bond motifs is 1. The van der Waals surface area contributed by atoms with Crippen LogP contribution in [-0.2, 0) is 0 Å². The van der Waals surface area contributed by atoms with Crippen molar-refractivity contribution in [3.8, 4) is 0 Å². The Bertz CT molecular complexity index is 1160. The van der Waals surface area contributed by atoms with Crippen LogP contribution in [0.4, 0.5) is 5.69 Å². The third-order valence-electron chi connectivity index (χ3n) is 4.67. The molecule has 0 saturated carbocycles. The minimum atomic E-state index is -0.504. The van der Waals surface area contributed by atoms with Crippen molar-refractivity contribution in [1.82, 2.24) is 10.3 Å². The lowest BCUT2D eigenvalue weighted by molar-refractivity contribution is 0.0921. The zero-order valence-electron chi connectivity index (χ0n) is 15.6. The largest absolute Gasteiger partial charge is 0.344 e. The molecule has 4 rings (SSSR count). The van der Waals surface area contributed by atoms with Crippen molar-refractivity contribution in [2.24, 2.45) is 0 Å². The van der Waals surface area contributed by atoms with Gasteiger partial charge < -0.3 is 5.32 Å². The van der Waals surface area contributed by atoms with Crippen LogP contribution < -0.4 is 10.2 Å². The van der Waals surface area contributed by atoms with Crippen molar-refractivity contribution >= 4 is 46.3 Å². The molecule has 1 atom stereocenters. The molecule has 3 aromatic rings. The molecule has 2 heterocycles. The second kappa shape index (κ2) is 7.42. The van der Waals surface area contributed by atoms with E-state index in [0.717, 1.165) is 15.6 Å². The summed E-state index contributed by atoms with van der Waals surface area (Å²) in [6.07, 6.45) is 0. The number of aryl methyl sites for hydroxylation is 1. The van der Waals surface area contributed by atoms with E-state index in [-0.39, 0.29) is 23.1 Å². The number of carbonyl (C=O) groups is 3. The van der Waals surface area contributed by atoms with Gasteiger partial charge in [-0.15, -0.1) is 11.3 Å². The molecule has 1 aliphatic rings. The monoisotopic (exact) mass is 425 g/mol. The molecule has 0 fully saturated rings. The van der Waals surface area contributed by atoms with Crippen LogP contribution >= 0.6 is 22.9 Å². The number of carbonyl (C=O) groups excluding carboxylic acids is 3. The lowest BCUT2D eigenvalue weighted by Gasteiger charge is -2.15. The fraction of sp³-hybridized carbons (Fsp3) is 0.143. The fourth-order valence-electron chi connectivity index (χ4n) is 3.17. The van der Waals surface area contributed by atoms with Gasteiger partial charge in [0.05, 0.1) is 38.6 Å². The summed E-state index contributed by atoms with van der Waals surface area (Å²) in [5, 5.41) is 5.98. The van der Waals surface area contributed by atoms with Gasteiger partial charge in [0.15, 0.2) is 0 Å². The second-order valence-electron chi connectivity index (χ2n) is 6.64. The lowest BCUT2D eigenvalue weighted by atomic mass is 10.0. The van der Waals surface area contributed by atoms with Crippen molar-refractivity contribution in [1.29, 1.82) is 0 Å². The third-order valence-corrected chi connectivity index (χ3v) is 5.78. The average molecular weight is 426 g/mol. The van der Waals surface area contributed by atoms with Gasteiger partial charge in [0.1, 0.15) is 0 Å². The number of thiazole rings is 1. The minimum Gasteiger partial charge on any atom is -0.344 e. The molecule has 8 heteroatoms. The molecule has 0 bridgehead atoms. The topological polar surface area (TPSA) is 79.4 Å². The summed E-state index contributed by atoms with van der Waals surface area (Å²) in [5.41, 5.74) is 1.82. The van der Waals surface area contributed by atoms with Crippen LogP contribution in [0.5, 0.6) is 0 Å². The van der Waals surface area contributed by atoms with Gasteiger partial charge in [-0.05, 0) is 44.2 Å². The molecular weight excluding hydrogens is 410 g/mol. The number of anilines is 1. The quantitative estimate of drug-likeness (QED) is 0.628. The van der Waals surface area contributed by atoms with E-state index in [1.165, 1.54) is 29.5 Å². The Kier molecular flexibility index (Phi) is 4.94. The van der Waals surface area contributed by atoms with Gasteiger partial charge in [0.25, 0.3) is 17.7 Å². The van der Waals surface area contributed by atoms with E-state index < -0.39 is 11.8 Å². The van der Waals surface area contributed by atoms with Crippen LogP contribution in [-0.4, -0.2) is 22.7 Å². The van der Waals surface area contributed by atoms with Gasteiger partial charge in [-0.2, -0.15) is 0 Å². The van der Waals surface area contributed by atoms with Crippen LogP contribution in [0.1, 0.15) is 54.7 Å². The van der Waals surface area contributed by atoms with Crippen LogP contribution in [0.2, 0.25) is 5.02 Å². The predicted octanol–water partition coefficient (Wildman–Crippen LogP) is 4.40. The Labute approximate surface area is 176 Å². The zero-order chi connectivity index (χ0) is 20.7. The minimum absolute atomic E-state index is 0.180. The highest BCUT2D eigenvalue weighted by Gasteiger charge is 2.38. The smallest absolute Gasteiger partial charge is 0.266 e. The molecule has 1 aromatic heterocycles. The molecule has 0 spiro atoms. The number of para-hydroxylation sites is 1. The van der Waals surface area contributed by atoms with Crippen LogP contribution in [0, 0.1) is 6.92 Å². The van der Waals surface area contributed by atoms with Gasteiger partial charge >= 0.3 is 0 Å². The molecular formula is C21H16ClN3O3S. The first-order chi connectivity index (χ1) is 13.9. The first-order valence-electron chi connectivity index (χ1n) is 8.87.